The van der Waals surface area contributed by atoms with Crippen molar-refractivity contribution in [3.05, 3.63) is 34.3 Å². The lowest BCUT2D eigenvalue weighted by Gasteiger charge is -2.39. The molecule has 0 heterocycles. The topological polar surface area (TPSA) is 46.5 Å². The molecule has 1 aliphatic carbocycles. The zero-order valence-electron chi connectivity index (χ0n) is 9.70. The van der Waals surface area contributed by atoms with Crippen molar-refractivity contribution >= 4 is 17.6 Å². The van der Waals surface area contributed by atoms with E-state index in [1.165, 1.54) is 0 Å². The number of rotatable bonds is 4. The summed E-state index contributed by atoms with van der Waals surface area (Å²) in [6.07, 6.45) is 2.31. The highest BCUT2D eigenvalue weighted by atomic mass is 35.5. The number of hydrogen-bond donors (Lipinski definition) is 1. The quantitative estimate of drug-likeness (QED) is 0.899. The van der Waals surface area contributed by atoms with Crippen molar-refractivity contribution in [2.45, 2.75) is 31.3 Å². The normalized spacial score (nSPS) is 17.5. The van der Waals surface area contributed by atoms with E-state index in [2.05, 4.69) is 0 Å². The molecule has 4 heteroatoms. The van der Waals surface area contributed by atoms with Crippen molar-refractivity contribution in [2.24, 2.45) is 0 Å². The second-order valence-corrected chi connectivity index (χ2v) is 4.91. The lowest BCUT2D eigenvalue weighted by molar-refractivity contribution is -0.147. The molecular formula is C13H15ClO3. The maximum absolute atomic E-state index is 11.5. The monoisotopic (exact) mass is 254 g/mol. The third-order valence-electron chi connectivity index (χ3n) is 3.50. The molecule has 0 unspecified atom stereocenters. The van der Waals surface area contributed by atoms with Gasteiger partial charge in [-0.05, 0) is 36.1 Å². The number of ether oxygens (including phenoxy) is 1. The van der Waals surface area contributed by atoms with E-state index < -0.39 is 11.4 Å². The minimum absolute atomic E-state index is 0.418. The summed E-state index contributed by atoms with van der Waals surface area (Å²) < 4.78 is 5.12. The Balaban J connectivity index is 2.48. The summed E-state index contributed by atoms with van der Waals surface area (Å²) in [4.78, 5) is 11.5. The number of halogens is 1. The fourth-order valence-electron chi connectivity index (χ4n) is 2.40. The van der Waals surface area contributed by atoms with E-state index in [0.29, 0.717) is 24.5 Å². The van der Waals surface area contributed by atoms with E-state index in [1.54, 1.807) is 19.2 Å². The zero-order chi connectivity index (χ0) is 12.5. The molecule has 3 nitrogen and oxygen atoms in total. The van der Waals surface area contributed by atoms with Gasteiger partial charge in [0.25, 0.3) is 0 Å². The number of carboxylic acids is 1. The van der Waals surface area contributed by atoms with Crippen LogP contribution in [-0.4, -0.2) is 18.2 Å². The maximum Gasteiger partial charge on any atom is 0.314 e. The van der Waals surface area contributed by atoms with Crippen molar-refractivity contribution < 1.29 is 14.6 Å². The highest BCUT2D eigenvalue weighted by Gasteiger charge is 2.47. The molecule has 0 amide bonds. The first-order valence-electron chi connectivity index (χ1n) is 5.61. The molecule has 1 aliphatic rings. The van der Waals surface area contributed by atoms with Crippen LogP contribution < -0.4 is 0 Å². The van der Waals surface area contributed by atoms with Crippen LogP contribution in [0.1, 0.15) is 30.4 Å². The summed E-state index contributed by atoms with van der Waals surface area (Å²) in [5, 5.41) is 10.0. The highest BCUT2D eigenvalue weighted by molar-refractivity contribution is 6.30. The lowest BCUT2D eigenvalue weighted by Crippen LogP contribution is -2.43. The maximum atomic E-state index is 11.5. The molecule has 0 atom stereocenters. The van der Waals surface area contributed by atoms with Crippen LogP contribution in [0.5, 0.6) is 0 Å². The van der Waals surface area contributed by atoms with Gasteiger partial charge in [0.2, 0.25) is 0 Å². The van der Waals surface area contributed by atoms with Crippen molar-refractivity contribution in [3.8, 4) is 0 Å². The van der Waals surface area contributed by atoms with Crippen molar-refractivity contribution in [2.75, 3.05) is 7.11 Å². The average Bonchev–Trinajstić information content (AvgIpc) is 2.20. The van der Waals surface area contributed by atoms with Crippen LogP contribution in [0.15, 0.2) is 18.2 Å². The van der Waals surface area contributed by atoms with Gasteiger partial charge in [0.05, 0.1) is 12.0 Å². The summed E-state index contributed by atoms with van der Waals surface area (Å²) in [7, 11) is 1.60. The Morgan fingerprint density at radius 3 is 2.71 bits per heavy atom. The molecule has 1 N–H and O–H groups in total. The summed E-state index contributed by atoms with van der Waals surface area (Å²) in [6, 6.07) is 5.39. The molecule has 1 saturated carbocycles. The third kappa shape index (κ3) is 2.05. The molecule has 1 aromatic carbocycles. The summed E-state index contributed by atoms with van der Waals surface area (Å²) >= 11 is 5.98. The Morgan fingerprint density at radius 2 is 2.24 bits per heavy atom. The second-order valence-electron chi connectivity index (χ2n) is 4.48. The molecule has 17 heavy (non-hydrogen) atoms. The second kappa shape index (κ2) is 4.67. The van der Waals surface area contributed by atoms with E-state index >= 15 is 0 Å². The average molecular weight is 255 g/mol. The molecule has 92 valence electrons. The fraction of sp³-hybridized carbons (Fsp3) is 0.462. The molecule has 0 spiro atoms. The molecule has 0 bridgehead atoms. The number of carboxylic acid groups (broad SMARTS) is 1. The number of hydrogen-bond acceptors (Lipinski definition) is 2. The van der Waals surface area contributed by atoms with Crippen LogP contribution >= 0.6 is 11.6 Å². The van der Waals surface area contributed by atoms with Gasteiger partial charge < -0.3 is 9.84 Å². The zero-order valence-corrected chi connectivity index (χ0v) is 10.5. The van der Waals surface area contributed by atoms with Gasteiger partial charge in [0.1, 0.15) is 0 Å². The molecular weight excluding hydrogens is 240 g/mol. The first kappa shape index (κ1) is 12.4. The highest BCUT2D eigenvalue weighted by Crippen LogP contribution is 2.46. The Labute approximate surface area is 105 Å². The largest absolute Gasteiger partial charge is 0.481 e. The van der Waals surface area contributed by atoms with Crippen LogP contribution in [0.25, 0.3) is 0 Å². The third-order valence-corrected chi connectivity index (χ3v) is 3.74. The van der Waals surface area contributed by atoms with Gasteiger partial charge >= 0.3 is 5.97 Å². The molecule has 0 aromatic heterocycles. The summed E-state index contributed by atoms with van der Waals surface area (Å²) in [6.45, 7) is 0.418. The first-order valence-corrected chi connectivity index (χ1v) is 5.99. The van der Waals surface area contributed by atoms with E-state index in [1.807, 2.05) is 6.07 Å². The van der Waals surface area contributed by atoms with Crippen molar-refractivity contribution in [1.82, 2.24) is 0 Å². The lowest BCUT2D eigenvalue weighted by atomic mass is 9.63. The molecule has 2 rings (SSSR count). The van der Waals surface area contributed by atoms with E-state index in [9.17, 15) is 9.90 Å². The number of carbonyl (C=O) groups is 1. The van der Waals surface area contributed by atoms with Gasteiger partial charge in [-0.3, -0.25) is 4.79 Å². The molecule has 0 radical (unpaired) electrons. The van der Waals surface area contributed by atoms with Crippen LogP contribution in [0.3, 0.4) is 0 Å². The predicted octanol–water partition coefficient (Wildman–Crippen LogP) is 2.99. The fourth-order valence-corrected chi connectivity index (χ4v) is 2.58. The molecule has 0 aliphatic heterocycles. The Bertz CT molecular complexity index is 438. The minimum atomic E-state index is -0.761. The van der Waals surface area contributed by atoms with E-state index in [-0.39, 0.29) is 0 Å². The smallest absolute Gasteiger partial charge is 0.314 e. The van der Waals surface area contributed by atoms with Gasteiger partial charge in [-0.25, -0.2) is 0 Å². The minimum Gasteiger partial charge on any atom is -0.481 e. The van der Waals surface area contributed by atoms with Crippen LogP contribution in [0, 0.1) is 0 Å². The van der Waals surface area contributed by atoms with E-state index in [0.717, 1.165) is 17.5 Å². The number of benzene rings is 1. The van der Waals surface area contributed by atoms with Gasteiger partial charge in [-0.2, -0.15) is 0 Å². The van der Waals surface area contributed by atoms with Crippen LogP contribution in [0.2, 0.25) is 5.02 Å². The summed E-state index contributed by atoms with van der Waals surface area (Å²) in [5.41, 5.74) is 0.975. The summed E-state index contributed by atoms with van der Waals surface area (Å²) in [5.74, 6) is -0.761. The van der Waals surface area contributed by atoms with E-state index in [4.69, 9.17) is 16.3 Å². The van der Waals surface area contributed by atoms with Gasteiger partial charge in [-0.15, -0.1) is 0 Å². The van der Waals surface area contributed by atoms with Gasteiger partial charge in [0.15, 0.2) is 0 Å². The van der Waals surface area contributed by atoms with Crippen molar-refractivity contribution in [1.29, 1.82) is 0 Å². The SMILES string of the molecule is COCc1ccc(Cl)cc1C1(C(=O)O)CCC1. The Hall–Kier alpha value is -1.06. The molecule has 1 fully saturated rings. The van der Waals surface area contributed by atoms with Crippen LogP contribution in [-0.2, 0) is 21.6 Å². The standard InChI is InChI=1S/C13H15ClO3/c1-17-8-9-3-4-10(14)7-11(9)13(12(15)16)5-2-6-13/h3-4,7H,2,5-6,8H2,1H3,(H,15,16). The van der Waals surface area contributed by atoms with Crippen LogP contribution in [0.4, 0.5) is 0 Å². The number of methoxy groups -OCH3 is 1. The predicted molar refractivity (Wildman–Crippen MR) is 65.3 cm³/mol. The Kier molecular flexibility index (Phi) is 3.40. The van der Waals surface area contributed by atoms with Crippen molar-refractivity contribution in [3.63, 3.8) is 0 Å². The molecule has 0 saturated heterocycles. The Morgan fingerprint density at radius 1 is 1.53 bits per heavy atom. The number of aliphatic carboxylic acids is 1. The first-order chi connectivity index (χ1) is 8.10. The van der Waals surface area contributed by atoms with Gasteiger partial charge in [-0.1, -0.05) is 24.1 Å². The van der Waals surface area contributed by atoms with Gasteiger partial charge in [0, 0.05) is 12.1 Å². The molecule has 1 aromatic rings.